The lowest BCUT2D eigenvalue weighted by atomic mass is 10.2. The standard InChI is InChI=1S/C16H17N3O/c1-20-14-4-5-16-12(9-14)6-8-19(16)11-13-3-2-7-18-15(13)10-17/h2-9H,10-11,17H2,1H3. The van der Waals surface area contributed by atoms with Gasteiger partial charge in [-0.25, -0.2) is 0 Å². The number of rotatable bonds is 4. The van der Waals surface area contributed by atoms with Crippen LogP contribution in [0.3, 0.4) is 0 Å². The van der Waals surface area contributed by atoms with Crippen LogP contribution in [0.25, 0.3) is 10.9 Å². The lowest BCUT2D eigenvalue weighted by molar-refractivity contribution is 0.415. The summed E-state index contributed by atoms with van der Waals surface area (Å²) in [5.74, 6) is 0.874. The molecule has 0 aliphatic heterocycles. The number of hydrogen-bond donors (Lipinski definition) is 1. The van der Waals surface area contributed by atoms with E-state index in [1.54, 1.807) is 13.3 Å². The van der Waals surface area contributed by atoms with Gasteiger partial charge in [-0.05, 0) is 35.9 Å². The molecule has 0 radical (unpaired) electrons. The van der Waals surface area contributed by atoms with Crippen LogP contribution in [0, 0.1) is 0 Å². The first-order valence-corrected chi connectivity index (χ1v) is 6.57. The third-order valence-electron chi connectivity index (χ3n) is 3.50. The summed E-state index contributed by atoms with van der Waals surface area (Å²) in [6.45, 7) is 1.24. The Kier molecular flexibility index (Phi) is 3.39. The van der Waals surface area contributed by atoms with Crippen molar-refractivity contribution in [3.8, 4) is 5.75 Å². The van der Waals surface area contributed by atoms with E-state index in [0.29, 0.717) is 6.54 Å². The number of methoxy groups -OCH3 is 1. The summed E-state index contributed by atoms with van der Waals surface area (Å²) in [6, 6.07) is 12.2. The predicted octanol–water partition coefficient (Wildman–Crippen LogP) is 2.55. The van der Waals surface area contributed by atoms with Gasteiger partial charge in [0.2, 0.25) is 0 Å². The maximum absolute atomic E-state index is 5.74. The maximum Gasteiger partial charge on any atom is 0.119 e. The van der Waals surface area contributed by atoms with Crippen LogP contribution in [0.2, 0.25) is 0 Å². The van der Waals surface area contributed by atoms with Crippen molar-refractivity contribution in [3.63, 3.8) is 0 Å². The minimum absolute atomic E-state index is 0.462. The topological polar surface area (TPSA) is 53.1 Å². The van der Waals surface area contributed by atoms with Crippen molar-refractivity contribution in [2.45, 2.75) is 13.1 Å². The monoisotopic (exact) mass is 267 g/mol. The summed E-state index contributed by atoms with van der Waals surface area (Å²) in [5, 5.41) is 1.17. The first-order chi connectivity index (χ1) is 9.81. The molecule has 1 aromatic carbocycles. The Balaban J connectivity index is 1.99. The molecule has 0 fully saturated rings. The van der Waals surface area contributed by atoms with E-state index in [-0.39, 0.29) is 0 Å². The van der Waals surface area contributed by atoms with Gasteiger partial charge in [0, 0.05) is 36.4 Å². The van der Waals surface area contributed by atoms with Gasteiger partial charge in [0.25, 0.3) is 0 Å². The van der Waals surface area contributed by atoms with Crippen LogP contribution in [0.15, 0.2) is 48.8 Å². The Bertz CT molecular complexity index is 733. The van der Waals surface area contributed by atoms with Crippen LogP contribution in [-0.4, -0.2) is 16.7 Å². The van der Waals surface area contributed by atoms with Crippen LogP contribution < -0.4 is 10.5 Å². The molecule has 0 aliphatic rings. The molecule has 0 spiro atoms. The van der Waals surface area contributed by atoms with E-state index in [2.05, 4.69) is 33.9 Å². The zero-order chi connectivity index (χ0) is 13.9. The fourth-order valence-corrected chi connectivity index (χ4v) is 2.43. The van der Waals surface area contributed by atoms with Gasteiger partial charge in [-0.15, -0.1) is 0 Å². The Morgan fingerprint density at radius 2 is 2.15 bits per heavy atom. The molecule has 4 nitrogen and oxygen atoms in total. The van der Waals surface area contributed by atoms with Gasteiger partial charge in [-0.3, -0.25) is 4.98 Å². The molecule has 0 unspecified atom stereocenters. The number of aromatic nitrogens is 2. The fourth-order valence-electron chi connectivity index (χ4n) is 2.43. The normalized spacial score (nSPS) is 10.9. The first-order valence-electron chi connectivity index (χ1n) is 6.57. The zero-order valence-corrected chi connectivity index (χ0v) is 11.4. The summed E-state index contributed by atoms with van der Waals surface area (Å²) in [4.78, 5) is 4.33. The van der Waals surface area contributed by atoms with Crippen LogP contribution in [-0.2, 0) is 13.1 Å². The smallest absolute Gasteiger partial charge is 0.119 e. The second-order valence-electron chi connectivity index (χ2n) is 4.68. The number of fused-ring (bicyclic) bond motifs is 1. The predicted molar refractivity (Wildman–Crippen MR) is 79.7 cm³/mol. The van der Waals surface area contributed by atoms with Crippen molar-refractivity contribution in [2.24, 2.45) is 5.73 Å². The third kappa shape index (κ3) is 2.26. The van der Waals surface area contributed by atoms with Gasteiger partial charge in [0.15, 0.2) is 0 Å². The summed E-state index contributed by atoms with van der Waals surface area (Å²) in [6.07, 6.45) is 3.86. The van der Waals surface area contributed by atoms with E-state index >= 15 is 0 Å². The van der Waals surface area contributed by atoms with Crippen molar-refractivity contribution in [2.75, 3.05) is 7.11 Å². The van der Waals surface area contributed by atoms with Gasteiger partial charge < -0.3 is 15.0 Å². The molecule has 0 saturated carbocycles. The molecule has 0 bridgehead atoms. The Morgan fingerprint density at radius 1 is 1.25 bits per heavy atom. The molecule has 2 heterocycles. The lowest BCUT2D eigenvalue weighted by Gasteiger charge is -2.09. The van der Waals surface area contributed by atoms with Crippen molar-refractivity contribution in [3.05, 3.63) is 60.0 Å². The number of hydrogen-bond acceptors (Lipinski definition) is 3. The highest BCUT2D eigenvalue weighted by Gasteiger charge is 2.06. The molecule has 3 aromatic rings. The van der Waals surface area contributed by atoms with Gasteiger partial charge in [-0.1, -0.05) is 6.07 Å². The Morgan fingerprint density at radius 3 is 2.95 bits per heavy atom. The number of nitrogens with two attached hydrogens (primary N) is 1. The second-order valence-corrected chi connectivity index (χ2v) is 4.68. The zero-order valence-electron chi connectivity index (χ0n) is 11.4. The van der Waals surface area contributed by atoms with E-state index in [0.717, 1.165) is 23.6 Å². The number of ether oxygens (including phenoxy) is 1. The molecule has 0 atom stereocenters. The van der Waals surface area contributed by atoms with E-state index in [9.17, 15) is 0 Å². The van der Waals surface area contributed by atoms with Crippen LogP contribution in [0.4, 0.5) is 0 Å². The summed E-state index contributed by atoms with van der Waals surface area (Å²) < 4.78 is 7.45. The fraction of sp³-hybridized carbons (Fsp3) is 0.188. The molecule has 4 heteroatoms. The Hall–Kier alpha value is -2.33. The van der Waals surface area contributed by atoms with Crippen LogP contribution in [0.5, 0.6) is 5.75 Å². The van der Waals surface area contributed by atoms with Crippen molar-refractivity contribution < 1.29 is 4.74 Å². The minimum atomic E-state index is 0.462. The van der Waals surface area contributed by atoms with Gasteiger partial charge in [-0.2, -0.15) is 0 Å². The number of pyridine rings is 1. The van der Waals surface area contributed by atoms with Gasteiger partial charge in [0.1, 0.15) is 5.75 Å². The molecule has 0 amide bonds. The number of nitrogens with zero attached hydrogens (tertiary/aromatic N) is 2. The SMILES string of the molecule is COc1ccc2c(ccn2Cc2cccnc2CN)c1. The average Bonchev–Trinajstić information content (AvgIpc) is 2.90. The van der Waals surface area contributed by atoms with E-state index < -0.39 is 0 Å². The molecule has 2 N–H and O–H groups in total. The highest BCUT2D eigenvalue weighted by molar-refractivity contribution is 5.81. The van der Waals surface area contributed by atoms with Crippen molar-refractivity contribution >= 4 is 10.9 Å². The molecule has 20 heavy (non-hydrogen) atoms. The lowest BCUT2D eigenvalue weighted by Crippen LogP contribution is -2.07. The van der Waals surface area contributed by atoms with Crippen LogP contribution >= 0.6 is 0 Å². The molecular weight excluding hydrogens is 250 g/mol. The molecule has 0 saturated heterocycles. The number of benzene rings is 1. The summed E-state index contributed by atoms with van der Waals surface area (Å²) in [7, 11) is 1.68. The van der Waals surface area contributed by atoms with Crippen molar-refractivity contribution in [1.82, 2.24) is 9.55 Å². The molecule has 0 aliphatic carbocycles. The maximum atomic E-state index is 5.74. The van der Waals surface area contributed by atoms with E-state index in [1.807, 2.05) is 18.2 Å². The summed E-state index contributed by atoms with van der Waals surface area (Å²) >= 11 is 0. The third-order valence-corrected chi connectivity index (χ3v) is 3.50. The molecular formula is C16H17N3O. The Labute approximate surface area is 117 Å². The quantitative estimate of drug-likeness (QED) is 0.790. The van der Waals surface area contributed by atoms with E-state index in [1.165, 1.54) is 10.9 Å². The second kappa shape index (κ2) is 5.35. The molecule has 2 aromatic heterocycles. The average molecular weight is 267 g/mol. The summed E-state index contributed by atoms with van der Waals surface area (Å²) in [5.41, 5.74) is 9.02. The van der Waals surface area contributed by atoms with Crippen LogP contribution in [0.1, 0.15) is 11.3 Å². The molecule has 3 rings (SSSR count). The van der Waals surface area contributed by atoms with Gasteiger partial charge in [0.05, 0.1) is 12.8 Å². The highest BCUT2D eigenvalue weighted by atomic mass is 16.5. The van der Waals surface area contributed by atoms with Crippen molar-refractivity contribution in [1.29, 1.82) is 0 Å². The minimum Gasteiger partial charge on any atom is -0.497 e. The first kappa shape index (κ1) is 12.7. The molecule has 102 valence electrons. The largest absolute Gasteiger partial charge is 0.497 e. The van der Waals surface area contributed by atoms with E-state index in [4.69, 9.17) is 10.5 Å². The highest BCUT2D eigenvalue weighted by Crippen LogP contribution is 2.22. The van der Waals surface area contributed by atoms with Gasteiger partial charge >= 0.3 is 0 Å².